The van der Waals surface area contributed by atoms with Crippen LogP contribution < -0.4 is 5.73 Å². The normalized spacial score (nSPS) is 14.4. The Labute approximate surface area is 110 Å². The monoisotopic (exact) mass is 264 g/mol. The van der Waals surface area contributed by atoms with E-state index >= 15 is 0 Å². The van der Waals surface area contributed by atoms with Gasteiger partial charge in [0.25, 0.3) is 11.6 Å². The molecule has 3 N–H and O–H groups in total. The third kappa shape index (κ3) is 2.90. The van der Waals surface area contributed by atoms with E-state index in [1.165, 1.54) is 6.07 Å². The number of nitrogens with two attached hydrogens (primary N) is 1. The zero-order valence-electron chi connectivity index (χ0n) is 10.5. The average Bonchev–Trinajstić information content (AvgIpc) is 3.14. The number of nitro groups is 1. The highest BCUT2D eigenvalue weighted by Gasteiger charge is 2.28. The van der Waals surface area contributed by atoms with Gasteiger partial charge in [0.05, 0.1) is 4.92 Å². The summed E-state index contributed by atoms with van der Waals surface area (Å²) < 4.78 is 0. The molecule has 1 amide bonds. The molecule has 1 aliphatic carbocycles. The first kappa shape index (κ1) is 13.5. The van der Waals surface area contributed by atoms with Crippen LogP contribution in [0, 0.1) is 16.0 Å². The zero-order chi connectivity index (χ0) is 14.0. The molecule has 0 aromatic heterocycles. The minimum atomic E-state index is -0.812. The van der Waals surface area contributed by atoms with Crippen molar-refractivity contribution < 1.29 is 14.8 Å². The third-order valence-corrected chi connectivity index (χ3v) is 3.40. The molecular formula is C13H16N2O4. The molecule has 1 aromatic rings. The molecule has 6 nitrogen and oxygen atoms in total. The van der Waals surface area contributed by atoms with Gasteiger partial charge in [-0.05, 0) is 42.7 Å². The van der Waals surface area contributed by atoms with Crippen LogP contribution >= 0.6 is 0 Å². The number of nitro benzene ring substituents is 1. The number of aliphatic hydroxyl groups excluding tert-OH is 1. The Bertz CT molecular complexity index is 524. The predicted octanol–water partition coefficient (Wildman–Crippen LogP) is 1.18. The van der Waals surface area contributed by atoms with Crippen LogP contribution in [0.25, 0.3) is 0 Å². The number of amides is 1. The molecule has 0 heterocycles. The maximum atomic E-state index is 11.5. The summed E-state index contributed by atoms with van der Waals surface area (Å²) >= 11 is 0. The van der Waals surface area contributed by atoms with E-state index in [1.54, 1.807) is 6.07 Å². The van der Waals surface area contributed by atoms with Crippen LogP contribution in [-0.2, 0) is 12.8 Å². The fraction of sp³-hybridized carbons (Fsp3) is 0.462. The zero-order valence-corrected chi connectivity index (χ0v) is 10.5. The van der Waals surface area contributed by atoms with Gasteiger partial charge in [0, 0.05) is 12.7 Å². The van der Waals surface area contributed by atoms with Crippen LogP contribution in [-0.4, -0.2) is 22.5 Å². The topological polar surface area (TPSA) is 106 Å². The van der Waals surface area contributed by atoms with Crippen molar-refractivity contribution in [1.82, 2.24) is 0 Å². The minimum absolute atomic E-state index is 0.0581. The Kier molecular flexibility index (Phi) is 3.80. The smallest absolute Gasteiger partial charge is 0.282 e. The molecule has 2 rings (SSSR count). The van der Waals surface area contributed by atoms with Crippen molar-refractivity contribution >= 4 is 11.6 Å². The number of aliphatic hydroxyl groups is 1. The van der Waals surface area contributed by atoms with Gasteiger partial charge >= 0.3 is 0 Å². The lowest BCUT2D eigenvalue weighted by Crippen LogP contribution is -2.18. The molecule has 0 spiro atoms. The summed E-state index contributed by atoms with van der Waals surface area (Å²) in [6.45, 7) is -0.168. The number of nitrogens with zero attached hydrogens (tertiary/aromatic N) is 1. The van der Waals surface area contributed by atoms with Crippen LogP contribution in [0.2, 0.25) is 0 Å². The van der Waals surface area contributed by atoms with Gasteiger partial charge in [-0.1, -0.05) is 6.07 Å². The molecule has 1 aliphatic rings. The third-order valence-electron chi connectivity index (χ3n) is 3.40. The van der Waals surface area contributed by atoms with E-state index in [0.717, 1.165) is 24.8 Å². The van der Waals surface area contributed by atoms with Gasteiger partial charge in [-0.15, -0.1) is 0 Å². The maximum Gasteiger partial charge on any atom is 0.282 e. The summed E-state index contributed by atoms with van der Waals surface area (Å²) in [5, 5.41) is 20.1. The van der Waals surface area contributed by atoms with E-state index < -0.39 is 10.8 Å². The number of primary amides is 1. The molecule has 1 saturated carbocycles. The van der Waals surface area contributed by atoms with E-state index in [9.17, 15) is 14.9 Å². The fourth-order valence-electron chi connectivity index (χ4n) is 2.33. The van der Waals surface area contributed by atoms with Crippen molar-refractivity contribution in [3.63, 3.8) is 0 Å². The molecule has 1 fully saturated rings. The van der Waals surface area contributed by atoms with Gasteiger partial charge in [0.2, 0.25) is 0 Å². The molecular weight excluding hydrogens is 248 g/mol. The quantitative estimate of drug-likeness (QED) is 0.594. The largest absolute Gasteiger partial charge is 0.396 e. The molecule has 0 bridgehead atoms. The second-order valence-electron chi connectivity index (χ2n) is 4.84. The lowest BCUT2D eigenvalue weighted by molar-refractivity contribution is -0.385. The summed E-state index contributed by atoms with van der Waals surface area (Å²) in [5.74, 6) is -0.229. The number of carbonyl (C=O) groups is 1. The molecule has 0 atom stereocenters. The minimum Gasteiger partial charge on any atom is -0.396 e. The van der Waals surface area contributed by atoms with Crippen LogP contribution in [0.15, 0.2) is 12.1 Å². The van der Waals surface area contributed by atoms with Crippen LogP contribution in [0.3, 0.4) is 0 Å². The van der Waals surface area contributed by atoms with E-state index in [1.807, 2.05) is 0 Å². The van der Waals surface area contributed by atoms with E-state index in [2.05, 4.69) is 0 Å². The Morgan fingerprint density at radius 2 is 2.16 bits per heavy atom. The lowest BCUT2D eigenvalue weighted by Gasteiger charge is -2.12. The average molecular weight is 264 g/mol. The number of benzene rings is 1. The Balaban J connectivity index is 2.52. The second kappa shape index (κ2) is 5.36. The van der Waals surface area contributed by atoms with Gasteiger partial charge in [-0.3, -0.25) is 14.9 Å². The molecule has 0 radical (unpaired) electrons. The molecule has 0 aliphatic heterocycles. The standard InChI is InChI=1S/C13H16N2O4/c14-13(17)12-10(5-6-16)9(7-8-1-2-8)3-4-11(12)15(18)19/h3-4,8,16H,1-2,5-7H2,(H2,14,17). The molecule has 102 valence electrons. The Morgan fingerprint density at radius 3 is 2.63 bits per heavy atom. The lowest BCUT2D eigenvalue weighted by atomic mass is 9.93. The van der Waals surface area contributed by atoms with Crippen molar-refractivity contribution in [2.24, 2.45) is 11.7 Å². The van der Waals surface area contributed by atoms with Crippen molar-refractivity contribution in [2.75, 3.05) is 6.61 Å². The summed E-state index contributed by atoms with van der Waals surface area (Å²) in [4.78, 5) is 21.9. The number of hydrogen-bond acceptors (Lipinski definition) is 4. The summed E-state index contributed by atoms with van der Waals surface area (Å²) in [6, 6.07) is 3.01. The highest BCUT2D eigenvalue weighted by atomic mass is 16.6. The maximum absolute atomic E-state index is 11.5. The first-order valence-corrected chi connectivity index (χ1v) is 6.24. The van der Waals surface area contributed by atoms with Crippen molar-refractivity contribution in [1.29, 1.82) is 0 Å². The first-order chi connectivity index (χ1) is 9.04. The SMILES string of the molecule is NC(=O)c1c([N+](=O)[O-])ccc(CC2CC2)c1CCO. The molecule has 19 heavy (non-hydrogen) atoms. The van der Waals surface area contributed by atoms with Gasteiger partial charge in [-0.2, -0.15) is 0 Å². The van der Waals surface area contributed by atoms with Crippen molar-refractivity contribution in [2.45, 2.75) is 25.7 Å². The fourth-order valence-corrected chi connectivity index (χ4v) is 2.33. The predicted molar refractivity (Wildman–Crippen MR) is 68.8 cm³/mol. The van der Waals surface area contributed by atoms with Crippen molar-refractivity contribution in [3.8, 4) is 0 Å². The van der Waals surface area contributed by atoms with Crippen LogP contribution in [0.1, 0.15) is 34.3 Å². The summed E-state index contributed by atoms with van der Waals surface area (Å²) in [5.41, 5.74) is 6.34. The molecule has 1 aromatic carbocycles. The first-order valence-electron chi connectivity index (χ1n) is 6.24. The molecule has 0 saturated heterocycles. The number of rotatable bonds is 6. The number of carbonyl (C=O) groups excluding carboxylic acids is 1. The van der Waals surface area contributed by atoms with Crippen molar-refractivity contribution in [3.05, 3.63) is 38.9 Å². The summed E-state index contributed by atoms with van der Waals surface area (Å²) in [6.07, 6.45) is 3.28. The Hall–Kier alpha value is -1.95. The highest BCUT2D eigenvalue weighted by Crippen LogP contribution is 2.35. The van der Waals surface area contributed by atoms with E-state index in [4.69, 9.17) is 10.8 Å². The summed E-state index contributed by atoms with van der Waals surface area (Å²) in [7, 11) is 0. The number of hydrogen-bond donors (Lipinski definition) is 2. The van der Waals surface area contributed by atoms with Crippen LogP contribution in [0.5, 0.6) is 0 Å². The van der Waals surface area contributed by atoms with E-state index in [-0.39, 0.29) is 24.3 Å². The molecule has 0 unspecified atom stereocenters. The van der Waals surface area contributed by atoms with Gasteiger partial charge in [0.1, 0.15) is 5.56 Å². The Morgan fingerprint density at radius 1 is 1.47 bits per heavy atom. The highest BCUT2D eigenvalue weighted by molar-refractivity contribution is 5.98. The van der Waals surface area contributed by atoms with E-state index in [0.29, 0.717) is 11.5 Å². The van der Waals surface area contributed by atoms with Crippen LogP contribution in [0.4, 0.5) is 5.69 Å². The van der Waals surface area contributed by atoms with Gasteiger partial charge in [-0.25, -0.2) is 0 Å². The molecule has 6 heteroatoms. The van der Waals surface area contributed by atoms with Gasteiger partial charge < -0.3 is 10.8 Å². The van der Waals surface area contributed by atoms with Gasteiger partial charge in [0.15, 0.2) is 0 Å². The second-order valence-corrected chi connectivity index (χ2v) is 4.84.